The van der Waals surface area contributed by atoms with Gasteiger partial charge in [-0.25, -0.2) is 4.98 Å². The number of aromatic nitrogens is 2. The number of imidazole rings is 1. The van der Waals surface area contributed by atoms with Crippen molar-refractivity contribution in [1.29, 1.82) is 5.41 Å². The number of benzene rings is 2. The lowest BCUT2D eigenvalue weighted by Crippen LogP contribution is -2.31. The summed E-state index contributed by atoms with van der Waals surface area (Å²) in [5, 5.41) is 19.3. The van der Waals surface area contributed by atoms with E-state index in [1.807, 2.05) is 41.1 Å². The number of methoxy groups -OCH3 is 2. The van der Waals surface area contributed by atoms with Crippen molar-refractivity contribution in [3.8, 4) is 11.5 Å². The number of nitrogens with zero attached hydrogens (tertiary/aromatic N) is 3. The first-order valence-electron chi connectivity index (χ1n) is 10.4. The predicted octanol–water partition coefficient (Wildman–Crippen LogP) is 4.87. The molecule has 32 heavy (non-hydrogen) atoms. The summed E-state index contributed by atoms with van der Waals surface area (Å²) in [6, 6.07) is 11.4. The lowest BCUT2D eigenvalue weighted by molar-refractivity contribution is 0.244. The normalized spacial score (nSPS) is 10.9. The third kappa shape index (κ3) is 5.00. The summed E-state index contributed by atoms with van der Waals surface area (Å²) in [6.07, 6.45) is 5.43. The molecule has 0 unspecified atom stereocenters. The Kier molecular flexibility index (Phi) is 7.33. The Bertz CT molecular complexity index is 1070. The predicted molar refractivity (Wildman–Crippen MR) is 128 cm³/mol. The molecule has 0 amide bonds. The second-order valence-corrected chi connectivity index (χ2v) is 7.83. The second-order valence-electron chi connectivity index (χ2n) is 7.83. The lowest BCUT2D eigenvalue weighted by atomic mass is 9.97. The van der Waals surface area contributed by atoms with Crippen LogP contribution in [0.2, 0.25) is 0 Å². The fourth-order valence-corrected chi connectivity index (χ4v) is 3.58. The molecule has 0 radical (unpaired) electrons. The third-order valence-electron chi connectivity index (χ3n) is 5.22. The van der Waals surface area contributed by atoms with Crippen molar-refractivity contribution in [1.82, 2.24) is 9.55 Å². The van der Waals surface area contributed by atoms with Crippen molar-refractivity contribution in [2.45, 2.75) is 26.3 Å². The number of amidine groups is 1. The molecular formula is C25H30N4O3. The van der Waals surface area contributed by atoms with Crippen LogP contribution >= 0.6 is 0 Å². The summed E-state index contributed by atoms with van der Waals surface area (Å²) in [4.78, 5) is 5.76. The Morgan fingerprint density at radius 1 is 1.22 bits per heavy atom. The van der Waals surface area contributed by atoms with E-state index in [1.165, 1.54) is 0 Å². The van der Waals surface area contributed by atoms with Crippen LogP contribution in [0.15, 0.2) is 61.7 Å². The maximum Gasteiger partial charge on any atom is 0.131 e. The number of hydrogen-bond acceptors (Lipinski definition) is 5. The summed E-state index contributed by atoms with van der Waals surface area (Å²) in [6.45, 7) is 9.15. The topological polar surface area (TPSA) is 83.6 Å². The first-order valence-corrected chi connectivity index (χ1v) is 10.4. The van der Waals surface area contributed by atoms with E-state index in [-0.39, 0.29) is 24.1 Å². The van der Waals surface area contributed by atoms with Crippen molar-refractivity contribution in [2.24, 2.45) is 0 Å². The van der Waals surface area contributed by atoms with Gasteiger partial charge in [0.05, 0.1) is 19.1 Å². The molecule has 0 aliphatic carbocycles. The van der Waals surface area contributed by atoms with E-state index >= 15 is 0 Å². The summed E-state index contributed by atoms with van der Waals surface area (Å²) >= 11 is 0. The van der Waals surface area contributed by atoms with Gasteiger partial charge >= 0.3 is 0 Å². The molecule has 2 N–H and O–H groups in total. The number of aromatic hydroxyl groups is 1. The zero-order chi connectivity index (χ0) is 23.3. The molecule has 0 fully saturated rings. The highest BCUT2D eigenvalue weighted by Gasteiger charge is 2.22. The van der Waals surface area contributed by atoms with Gasteiger partial charge in [0.2, 0.25) is 0 Å². The van der Waals surface area contributed by atoms with Crippen molar-refractivity contribution in [2.75, 3.05) is 25.7 Å². The van der Waals surface area contributed by atoms with E-state index in [9.17, 15) is 5.11 Å². The quantitative estimate of drug-likeness (QED) is 0.371. The highest BCUT2D eigenvalue weighted by Crippen LogP contribution is 2.38. The van der Waals surface area contributed by atoms with E-state index in [0.717, 1.165) is 16.8 Å². The monoisotopic (exact) mass is 434 g/mol. The summed E-state index contributed by atoms with van der Waals surface area (Å²) < 4.78 is 12.6. The molecular weight excluding hydrogens is 404 g/mol. The van der Waals surface area contributed by atoms with Crippen LogP contribution < -0.4 is 9.64 Å². The standard InChI is InChI=1S/C25H30N4O3/c1-17(2)21-12-22(23(30)13-24(21)32-5)18(3)29(25(26)15-31-4)20-8-6-19(7-9-20)14-28-11-10-27-16-28/h6-13,16-17,26,30H,3,14-15H2,1-2,4-5H3. The zero-order valence-electron chi connectivity index (χ0n) is 19.0. The first kappa shape index (κ1) is 23.1. The Morgan fingerprint density at radius 3 is 2.50 bits per heavy atom. The van der Waals surface area contributed by atoms with Crippen LogP contribution in [0.3, 0.4) is 0 Å². The molecule has 3 rings (SSSR count). The van der Waals surface area contributed by atoms with Gasteiger partial charge in [-0.3, -0.25) is 10.3 Å². The lowest BCUT2D eigenvalue weighted by Gasteiger charge is -2.28. The maximum absolute atomic E-state index is 10.7. The minimum atomic E-state index is 0.0446. The molecule has 1 heterocycles. The molecule has 0 atom stereocenters. The molecule has 1 aromatic heterocycles. The van der Waals surface area contributed by atoms with Gasteiger partial charge in [0, 0.05) is 43.4 Å². The summed E-state index contributed by atoms with van der Waals surface area (Å²) in [5.41, 5.74) is 3.84. The summed E-state index contributed by atoms with van der Waals surface area (Å²) in [5.74, 6) is 1.06. The van der Waals surface area contributed by atoms with Crippen molar-refractivity contribution < 1.29 is 14.6 Å². The van der Waals surface area contributed by atoms with Gasteiger partial charge < -0.3 is 19.1 Å². The molecule has 3 aromatic rings. The van der Waals surface area contributed by atoms with Gasteiger partial charge in [-0.15, -0.1) is 0 Å². The van der Waals surface area contributed by atoms with Crippen LogP contribution in [0.5, 0.6) is 11.5 Å². The van der Waals surface area contributed by atoms with E-state index in [1.54, 1.807) is 37.7 Å². The molecule has 0 bridgehead atoms. The minimum Gasteiger partial charge on any atom is -0.507 e. The van der Waals surface area contributed by atoms with Crippen LogP contribution in [0.25, 0.3) is 5.70 Å². The number of rotatable bonds is 9. The van der Waals surface area contributed by atoms with Crippen LogP contribution in [0.4, 0.5) is 5.69 Å². The van der Waals surface area contributed by atoms with E-state index < -0.39 is 0 Å². The Hall–Kier alpha value is -3.58. The van der Waals surface area contributed by atoms with E-state index in [4.69, 9.17) is 14.9 Å². The smallest absolute Gasteiger partial charge is 0.131 e. The SMILES string of the molecule is C=C(c1cc(C(C)C)c(OC)cc1O)N(C(=N)COC)c1ccc(Cn2ccnc2)cc1. The molecule has 2 aromatic carbocycles. The third-order valence-corrected chi connectivity index (χ3v) is 5.22. The van der Waals surface area contributed by atoms with Crippen LogP contribution in [-0.4, -0.2) is 41.3 Å². The zero-order valence-corrected chi connectivity index (χ0v) is 19.0. The largest absolute Gasteiger partial charge is 0.507 e. The molecule has 168 valence electrons. The van der Waals surface area contributed by atoms with Gasteiger partial charge in [0.15, 0.2) is 0 Å². The van der Waals surface area contributed by atoms with Gasteiger partial charge in [0.1, 0.15) is 23.9 Å². The maximum atomic E-state index is 10.7. The van der Waals surface area contributed by atoms with Gasteiger partial charge in [-0.2, -0.15) is 0 Å². The number of hydrogen-bond donors (Lipinski definition) is 2. The van der Waals surface area contributed by atoms with Crippen molar-refractivity contribution >= 4 is 17.2 Å². The Morgan fingerprint density at radius 2 is 1.94 bits per heavy atom. The number of nitrogens with one attached hydrogen (secondary N) is 1. The van der Waals surface area contributed by atoms with Gasteiger partial charge in [-0.1, -0.05) is 32.6 Å². The average Bonchev–Trinajstić information content (AvgIpc) is 3.27. The first-order chi connectivity index (χ1) is 15.3. The summed E-state index contributed by atoms with van der Waals surface area (Å²) in [7, 11) is 3.13. The molecule has 7 nitrogen and oxygen atoms in total. The van der Waals surface area contributed by atoms with Gasteiger partial charge in [0.25, 0.3) is 0 Å². The molecule has 0 aliphatic heterocycles. The Labute approximate surface area is 189 Å². The number of ether oxygens (including phenoxy) is 2. The van der Waals surface area contributed by atoms with Crippen molar-refractivity contribution in [3.05, 3.63) is 78.4 Å². The van der Waals surface area contributed by atoms with Crippen LogP contribution in [-0.2, 0) is 11.3 Å². The highest BCUT2D eigenvalue weighted by atomic mass is 16.5. The molecule has 0 aliphatic rings. The molecule has 7 heteroatoms. The van der Waals surface area contributed by atoms with Crippen molar-refractivity contribution in [3.63, 3.8) is 0 Å². The highest BCUT2D eigenvalue weighted by molar-refractivity contribution is 6.08. The fourth-order valence-electron chi connectivity index (χ4n) is 3.58. The second kappa shape index (κ2) is 10.2. The fraction of sp³-hybridized carbons (Fsp3) is 0.280. The number of phenolic OH excluding ortho intramolecular Hbond substituents is 1. The number of anilines is 1. The van der Waals surface area contributed by atoms with Crippen LogP contribution in [0, 0.1) is 5.41 Å². The van der Waals surface area contributed by atoms with E-state index in [0.29, 0.717) is 23.6 Å². The van der Waals surface area contributed by atoms with Gasteiger partial charge in [-0.05, 0) is 35.2 Å². The minimum absolute atomic E-state index is 0.0446. The number of phenols is 1. The van der Waals surface area contributed by atoms with E-state index in [2.05, 4.69) is 25.4 Å². The molecule has 0 spiro atoms. The Balaban J connectivity index is 1.98. The van der Waals surface area contributed by atoms with Crippen LogP contribution in [0.1, 0.15) is 36.5 Å². The molecule has 0 saturated heterocycles. The molecule has 0 saturated carbocycles. The average molecular weight is 435 g/mol.